The lowest BCUT2D eigenvalue weighted by atomic mass is 10.3. The van der Waals surface area contributed by atoms with E-state index in [9.17, 15) is 4.79 Å². The normalized spacial score (nSPS) is 10.2. The van der Waals surface area contributed by atoms with Gasteiger partial charge in [-0.25, -0.2) is 9.97 Å². The van der Waals surface area contributed by atoms with Crippen molar-refractivity contribution in [2.24, 2.45) is 0 Å². The van der Waals surface area contributed by atoms with Gasteiger partial charge in [0.1, 0.15) is 5.69 Å². The minimum absolute atomic E-state index is 0.290. The number of nitrogens with one attached hydrogen (secondary N) is 1. The first-order valence-electron chi connectivity index (χ1n) is 7.32. The molecule has 0 aliphatic carbocycles. The summed E-state index contributed by atoms with van der Waals surface area (Å²) in [5.41, 5.74) is 1.88. The number of carbonyl (C=O) groups excluding carboxylic acids is 1. The number of nitrogens with zero attached hydrogens (tertiary/aromatic N) is 3. The zero-order valence-corrected chi connectivity index (χ0v) is 13.7. The molecule has 1 amide bonds. The number of amides is 1. The van der Waals surface area contributed by atoms with E-state index in [-0.39, 0.29) is 11.6 Å². The van der Waals surface area contributed by atoms with Crippen LogP contribution in [-0.4, -0.2) is 22.9 Å². The van der Waals surface area contributed by atoms with Crippen LogP contribution in [0.25, 0.3) is 0 Å². The first-order valence-corrected chi connectivity index (χ1v) is 7.70. The van der Waals surface area contributed by atoms with Gasteiger partial charge in [-0.05, 0) is 42.5 Å². The summed E-state index contributed by atoms with van der Waals surface area (Å²) in [5.74, 6) is 0.146. The minimum Gasteiger partial charge on any atom is -0.321 e. The van der Waals surface area contributed by atoms with Crippen molar-refractivity contribution in [2.45, 2.75) is 0 Å². The number of benzene rings is 2. The lowest BCUT2D eigenvalue weighted by molar-refractivity contribution is 0.102. The Bertz CT molecular complexity index is 837. The third-order valence-electron chi connectivity index (χ3n) is 3.42. The maximum absolute atomic E-state index is 12.4. The molecule has 0 saturated carbocycles. The van der Waals surface area contributed by atoms with Crippen molar-refractivity contribution in [2.75, 3.05) is 17.3 Å². The summed E-state index contributed by atoms with van der Waals surface area (Å²) in [7, 11) is 1.85. The molecule has 0 bridgehead atoms. The summed E-state index contributed by atoms with van der Waals surface area (Å²) in [4.78, 5) is 22.7. The standard InChI is InChI=1S/C18H15ClN4O/c1-23(15-5-3-2-4-6-15)18-20-12-11-16(22-18)17(24)21-14-9-7-13(19)8-10-14/h2-12H,1H3,(H,21,24). The predicted molar refractivity (Wildman–Crippen MR) is 95.9 cm³/mol. The summed E-state index contributed by atoms with van der Waals surface area (Å²) in [6.07, 6.45) is 1.57. The van der Waals surface area contributed by atoms with Crippen LogP contribution in [0.1, 0.15) is 10.5 Å². The number of hydrogen-bond donors (Lipinski definition) is 1. The van der Waals surface area contributed by atoms with Crippen molar-refractivity contribution in [3.05, 3.63) is 77.6 Å². The Morgan fingerprint density at radius 2 is 1.75 bits per heavy atom. The molecular weight excluding hydrogens is 324 g/mol. The van der Waals surface area contributed by atoms with Crippen molar-refractivity contribution in [3.63, 3.8) is 0 Å². The Morgan fingerprint density at radius 3 is 2.46 bits per heavy atom. The molecular formula is C18H15ClN4O. The number of para-hydroxylation sites is 1. The number of aromatic nitrogens is 2. The molecule has 3 aromatic rings. The smallest absolute Gasteiger partial charge is 0.274 e. The van der Waals surface area contributed by atoms with E-state index in [1.807, 2.05) is 42.3 Å². The maximum Gasteiger partial charge on any atom is 0.274 e. The Hall–Kier alpha value is -2.92. The van der Waals surface area contributed by atoms with Gasteiger partial charge in [-0.15, -0.1) is 0 Å². The van der Waals surface area contributed by atoms with Crippen LogP contribution in [-0.2, 0) is 0 Å². The fourth-order valence-electron chi connectivity index (χ4n) is 2.13. The Morgan fingerprint density at radius 1 is 1.04 bits per heavy atom. The van der Waals surface area contributed by atoms with Crippen LogP contribution in [0.5, 0.6) is 0 Å². The fraction of sp³-hybridized carbons (Fsp3) is 0.0556. The van der Waals surface area contributed by atoms with E-state index in [2.05, 4.69) is 15.3 Å². The van der Waals surface area contributed by atoms with E-state index in [1.54, 1.807) is 36.5 Å². The van der Waals surface area contributed by atoms with Gasteiger partial charge in [0.25, 0.3) is 5.91 Å². The average Bonchev–Trinajstić information content (AvgIpc) is 2.64. The van der Waals surface area contributed by atoms with Crippen LogP contribution in [0, 0.1) is 0 Å². The van der Waals surface area contributed by atoms with Gasteiger partial charge in [0.05, 0.1) is 0 Å². The van der Waals surface area contributed by atoms with Gasteiger partial charge in [0.2, 0.25) is 5.95 Å². The predicted octanol–water partition coefficient (Wildman–Crippen LogP) is 4.15. The molecule has 0 aliphatic rings. The van der Waals surface area contributed by atoms with E-state index in [4.69, 9.17) is 11.6 Å². The quantitative estimate of drug-likeness (QED) is 0.776. The topological polar surface area (TPSA) is 58.1 Å². The van der Waals surface area contributed by atoms with Gasteiger partial charge in [-0.2, -0.15) is 0 Å². The van der Waals surface area contributed by atoms with E-state index < -0.39 is 0 Å². The van der Waals surface area contributed by atoms with Crippen molar-refractivity contribution < 1.29 is 4.79 Å². The van der Waals surface area contributed by atoms with Crippen LogP contribution in [0.15, 0.2) is 66.9 Å². The molecule has 0 unspecified atom stereocenters. The first-order chi connectivity index (χ1) is 11.6. The van der Waals surface area contributed by atoms with Crippen LogP contribution in [0.2, 0.25) is 5.02 Å². The van der Waals surface area contributed by atoms with Crippen LogP contribution < -0.4 is 10.2 Å². The van der Waals surface area contributed by atoms with Gasteiger partial charge < -0.3 is 10.2 Å². The second kappa shape index (κ2) is 7.10. The summed E-state index contributed by atoms with van der Waals surface area (Å²) >= 11 is 5.84. The molecule has 0 aliphatic heterocycles. The molecule has 1 N–H and O–H groups in total. The molecule has 3 rings (SSSR count). The molecule has 1 aromatic heterocycles. The molecule has 6 heteroatoms. The van der Waals surface area contributed by atoms with Crippen molar-refractivity contribution in [3.8, 4) is 0 Å². The fourth-order valence-corrected chi connectivity index (χ4v) is 2.26. The Balaban J connectivity index is 1.79. The first kappa shape index (κ1) is 16.0. The van der Waals surface area contributed by atoms with Gasteiger partial charge >= 0.3 is 0 Å². The average molecular weight is 339 g/mol. The van der Waals surface area contributed by atoms with Crippen LogP contribution in [0.4, 0.5) is 17.3 Å². The maximum atomic E-state index is 12.4. The van der Waals surface area contributed by atoms with E-state index in [0.717, 1.165) is 5.69 Å². The molecule has 0 atom stereocenters. The molecule has 0 radical (unpaired) electrons. The second-order valence-electron chi connectivity index (χ2n) is 5.10. The highest BCUT2D eigenvalue weighted by Crippen LogP contribution is 2.19. The number of rotatable bonds is 4. The van der Waals surface area contributed by atoms with E-state index >= 15 is 0 Å². The Labute approximate surface area is 144 Å². The van der Waals surface area contributed by atoms with Crippen molar-refractivity contribution in [1.82, 2.24) is 9.97 Å². The molecule has 120 valence electrons. The van der Waals surface area contributed by atoms with Gasteiger partial charge in [0, 0.05) is 29.6 Å². The largest absolute Gasteiger partial charge is 0.321 e. The highest BCUT2D eigenvalue weighted by molar-refractivity contribution is 6.30. The number of carbonyl (C=O) groups is 1. The molecule has 0 saturated heterocycles. The number of anilines is 3. The molecule has 5 nitrogen and oxygen atoms in total. The van der Waals surface area contributed by atoms with Crippen LogP contribution in [0.3, 0.4) is 0 Å². The second-order valence-corrected chi connectivity index (χ2v) is 5.53. The van der Waals surface area contributed by atoms with Crippen molar-refractivity contribution in [1.29, 1.82) is 0 Å². The van der Waals surface area contributed by atoms with E-state index in [0.29, 0.717) is 16.7 Å². The third-order valence-corrected chi connectivity index (χ3v) is 3.67. The van der Waals surface area contributed by atoms with Gasteiger partial charge in [0.15, 0.2) is 0 Å². The van der Waals surface area contributed by atoms with Gasteiger partial charge in [-0.1, -0.05) is 29.8 Å². The lowest BCUT2D eigenvalue weighted by Gasteiger charge is -2.17. The summed E-state index contributed by atoms with van der Waals surface area (Å²) < 4.78 is 0. The molecule has 2 aromatic carbocycles. The third kappa shape index (κ3) is 3.70. The molecule has 0 fully saturated rings. The molecule has 1 heterocycles. The van der Waals surface area contributed by atoms with Crippen molar-refractivity contribution >= 4 is 34.8 Å². The number of halogens is 1. The highest BCUT2D eigenvalue weighted by atomic mass is 35.5. The summed E-state index contributed by atoms with van der Waals surface area (Å²) in [5, 5.41) is 3.40. The summed E-state index contributed by atoms with van der Waals surface area (Å²) in [6, 6.07) is 18.2. The monoisotopic (exact) mass is 338 g/mol. The summed E-state index contributed by atoms with van der Waals surface area (Å²) in [6.45, 7) is 0. The van der Waals surface area contributed by atoms with E-state index in [1.165, 1.54) is 0 Å². The molecule has 24 heavy (non-hydrogen) atoms. The zero-order valence-electron chi connectivity index (χ0n) is 13.0. The Kier molecular flexibility index (Phi) is 4.72. The van der Waals surface area contributed by atoms with Gasteiger partial charge in [-0.3, -0.25) is 4.79 Å². The zero-order chi connectivity index (χ0) is 16.9. The minimum atomic E-state index is -0.303. The SMILES string of the molecule is CN(c1ccccc1)c1nccc(C(=O)Nc2ccc(Cl)cc2)n1. The molecule has 0 spiro atoms. The highest BCUT2D eigenvalue weighted by Gasteiger charge is 2.12. The lowest BCUT2D eigenvalue weighted by Crippen LogP contribution is -2.18. The van der Waals surface area contributed by atoms with Crippen LogP contribution >= 0.6 is 11.6 Å². The number of hydrogen-bond acceptors (Lipinski definition) is 4.